The molecule has 3 rings (SSSR count). The van der Waals surface area contributed by atoms with Crippen LogP contribution in [-0.4, -0.2) is 17.3 Å². The lowest BCUT2D eigenvalue weighted by atomic mass is 9.86. The van der Waals surface area contributed by atoms with Gasteiger partial charge in [-0.15, -0.1) is 0 Å². The lowest BCUT2D eigenvalue weighted by molar-refractivity contribution is -0.121. The Balaban J connectivity index is 2.03. The van der Waals surface area contributed by atoms with Crippen molar-refractivity contribution in [3.63, 3.8) is 0 Å². The van der Waals surface area contributed by atoms with E-state index in [2.05, 4.69) is 0 Å². The maximum absolute atomic E-state index is 12.7. The van der Waals surface area contributed by atoms with Gasteiger partial charge in [0.2, 0.25) is 0 Å². The van der Waals surface area contributed by atoms with E-state index in [-0.39, 0.29) is 34.8 Å². The number of ketones is 3. The Labute approximate surface area is 141 Å². The van der Waals surface area contributed by atoms with Crippen molar-refractivity contribution in [2.24, 2.45) is 11.8 Å². The molecule has 0 saturated heterocycles. The first kappa shape index (κ1) is 16.3. The number of carbonyl (C=O) groups excluding carboxylic acids is 3. The van der Waals surface area contributed by atoms with Crippen LogP contribution in [0.5, 0.6) is 0 Å². The fourth-order valence-corrected chi connectivity index (χ4v) is 3.05. The zero-order chi connectivity index (χ0) is 17.6. The van der Waals surface area contributed by atoms with E-state index in [1.165, 1.54) is 0 Å². The van der Waals surface area contributed by atoms with Gasteiger partial charge in [-0.1, -0.05) is 45.9 Å². The molecule has 0 aromatic heterocycles. The molecular formula is C21H20O3. The van der Waals surface area contributed by atoms with E-state index in [0.717, 1.165) is 16.7 Å². The average molecular weight is 320 g/mol. The summed E-state index contributed by atoms with van der Waals surface area (Å²) in [6.07, 6.45) is 5.25. The molecule has 0 fully saturated rings. The molecule has 0 unspecified atom stereocenters. The molecule has 3 nitrogen and oxygen atoms in total. The topological polar surface area (TPSA) is 51.2 Å². The number of rotatable bonds is 4. The summed E-state index contributed by atoms with van der Waals surface area (Å²) in [5.41, 5.74) is 4.07. The fourth-order valence-electron chi connectivity index (χ4n) is 3.05. The van der Waals surface area contributed by atoms with Crippen LogP contribution in [0.3, 0.4) is 0 Å². The molecule has 2 aliphatic carbocycles. The van der Waals surface area contributed by atoms with E-state index < -0.39 is 0 Å². The predicted octanol–water partition coefficient (Wildman–Crippen LogP) is 4.04. The van der Waals surface area contributed by atoms with Crippen molar-refractivity contribution in [1.82, 2.24) is 0 Å². The standard InChI is InChI=1S/C21H20O3/c1-11(2)19(22)13-5-6-15-14(9-13)10-18-16(15)7-8-17(21(18)24)20(23)12(3)4/h5-12H,1-4H3. The van der Waals surface area contributed by atoms with Crippen molar-refractivity contribution in [2.45, 2.75) is 27.7 Å². The Morgan fingerprint density at radius 3 is 2.17 bits per heavy atom. The molecule has 24 heavy (non-hydrogen) atoms. The fraction of sp³-hybridized carbons (Fsp3) is 0.286. The van der Waals surface area contributed by atoms with Crippen molar-refractivity contribution in [3.8, 4) is 0 Å². The van der Waals surface area contributed by atoms with Crippen LogP contribution in [0.1, 0.15) is 49.2 Å². The number of hydrogen-bond donors (Lipinski definition) is 0. The van der Waals surface area contributed by atoms with E-state index in [1.807, 2.05) is 38.1 Å². The van der Waals surface area contributed by atoms with Gasteiger partial charge < -0.3 is 0 Å². The highest BCUT2D eigenvalue weighted by atomic mass is 16.2. The quantitative estimate of drug-likeness (QED) is 0.621. The maximum Gasteiger partial charge on any atom is 0.197 e. The normalized spacial score (nSPS) is 15.8. The highest BCUT2D eigenvalue weighted by Crippen LogP contribution is 2.40. The molecule has 0 radical (unpaired) electrons. The van der Waals surface area contributed by atoms with Crippen LogP contribution in [0, 0.1) is 11.8 Å². The molecule has 0 aliphatic heterocycles. The predicted molar refractivity (Wildman–Crippen MR) is 94.5 cm³/mol. The van der Waals surface area contributed by atoms with Crippen molar-refractivity contribution in [1.29, 1.82) is 0 Å². The first-order valence-electron chi connectivity index (χ1n) is 8.23. The van der Waals surface area contributed by atoms with Crippen molar-refractivity contribution < 1.29 is 14.4 Å². The van der Waals surface area contributed by atoms with Gasteiger partial charge in [-0.3, -0.25) is 14.4 Å². The van der Waals surface area contributed by atoms with Gasteiger partial charge in [0.15, 0.2) is 17.3 Å². The van der Waals surface area contributed by atoms with Crippen LogP contribution in [0.4, 0.5) is 0 Å². The van der Waals surface area contributed by atoms with Gasteiger partial charge in [0.1, 0.15) is 0 Å². The molecule has 0 spiro atoms. The van der Waals surface area contributed by atoms with Crippen molar-refractivity contribution in [3.05, 3.63) is 58.2 Å². The lowest BCUT2D eigenvalue weighted by Crippen LogP contribution is -2.20. The van der Waals surface area contributed by atoms with Crippen LogP contribution in [-0.2, 0) is 9.59 Å². The molecule has 0 amide bonds. The van der Waals surface area contributed by atoms with Crippen LogP contribution in [0.2, 0.25) is 0 Å². The first-order valence-corrected chi connectivity index (χ1v) is 8.23. The minimum Gasteiger partial charge on any atom is -0.294 e. The zero-order valence-corrected chi connectivity index (χ0v) is 14.3. The van der Waals surface area contributed by atoms with E-state index in [1.54, 1.807) is 26.0 Å². The first-order chi connectivity index (χ1) is 11.3. The van der Waals surface area contributed by atoms with Crippen molar-refractivity contribution in [2.75, 3.05) is 0 Å². The van der Waals surface area contributed by atoms with Gasteiger partial charge in [-0.05, 0) is 34.9 Å². The molecule has 1 aromatic carbocycles. The molecule has 2 aliphatic rings. The Kier molecular flexibility index (Phi) is 3.96. The SMILES string of the molecule is CC(C)C(=O)C1=CC=C2C(=Cc3cc(C(=O)C(C)C)ccc32)C1=O. The summed E-state index contributed by atoms with van der Waals surface area (Å²) in [4.78, 5) is 37.1. The number of benzene rings is 1. The third kappa shape index (κ3) is 2.50. The lowest BCUT2D eigenvalue weighted by Gasteiger charge is -2.14. The number of fused-ring (bicyclic) bond motifs is 3. The molecule has 3 heteroatoms. The van der Waals surface area contributed by atoms with Gasteiger partial charge in [-0.2, -0.15) is 0 Å². The summed E-state index contributed by atoms with van der Waals surface area (Å²) >= 11 is 0. The monoisotopic (exact) mass is 320 g/mol. The van der Waals surface area contributed by atoms with Gasteiger partial charge in [0.05, 0.1) is 5.57 Å². The van der Waals surface area contributed by atoms with Crippen LogP contribution < -0.4 is 0 Å². The largest absolute Gasteiger partial charge is 0.294 e. The van der Waals surface area contributed by atoms with Crippen molar-refractivity contribution >= 4 is 29.0 Å². The van der Waals surface area contributed by atoms with Gasteiger partial charge in [0.25, 0.3) is 0 Å². The summed E-state index contributed by atoms with van der Waals surface area (Å²) in [5.74, 6) is -0.561. The smallest absolute Gasteiger partial charge is 0.197 e. The summed E-state index contributed by atoms with van der Waals surface area (Å²) in [6, 6.07) is 5.53. The average Bonchev–Trinajstić information content (AvgIpc) is 2.92. The van der Waals surface area contributed by atoms with E-state index in [4.69, 9.17) is 0 Å². The Morgan fingerprint density at radius 2 is 1.54 bits per heavy atom. The maximum atomic E-state index is 12.7. The van der Waals surface area contributed by atoms with Gasteiger partial charge in [-0.25, -0.2) is 0 Å². The number of Topliss-reactive ketones (excluding diaryl/α,β-unsaturated/α-hetero) is 3. The van der Waals surface area contributed by atoms with Crippen LogP contribution in [0.25, 0.3) is 11.6 Å². The van der Waals surface area contributed by atoms with Crippen LogP contribution >= 0.6 is 0 Å². The molecular weight excluding hydrogens is 300 g/mol. The third-order valence-corrected chi connectivity index (χ3v) is 4.44. The minimum atomic E-state index is -0.223. The number of hydrogen-bond acceptors (Lipinski definition) is 3. The summed E-state index contributed by atoms with van der Waals surface area (Å²) in [5, 5.41) is 0. The second-order valence-electron chi connectivity index (χ2n) is 6.89. The summed E-state index contributed by atoms with van der Waals surface area (Å²) < 4.78 is 0. The Bertz CT molecular complexity index is 861. The second-order valence-corrected chi connectivity index (χ2v) is 6.89. The third-order valence-electron chi connectivity index (χ3n) is 4.44. The molecule has 122 valence electrons. The molecule has 0 saturated carbocycles. The second kappa shape index (κ2) is 5.82. The molecule has 1 aromatic rings. The van der Waals surface area contributed by atoms with Gasteiger partial charge >= 0.3 is 0 Å². The van der Waals surface area contributed by atoms with Crippen LogP contribution in [0.15, 0.2) is 41.5 Å². The number of carbonyl (C=O) groups is 3. The van der Waals surface area contributed by atoms with E-state index in [0.29, 0.717) is 11.1 Å². The highest BCUT2D eigenvalue weighted by Gasteiger charge is 2.32. The summed E-state index contributed by atoms with van der Waals surface area (Å²) in [7, 11) is 0. The molecule has 0 bridgehead atoms. The van der Waals surface area contributed by atoms with E-state index >= 15 is 0 Å². The highest BCUT2D eigenvalue weighted by molar-refractivity contribution is 6.35. The molecule has 0 heterocycles. The molecule has 0 N–H and O–H groups in total. The Morgan fingerprint density at radius 1 is 0.875 bits per heavy atom. The molecule has 0 atom stereocenters. The van der Waals surface area contributed by atoms with Gasteiger partial charge in [0, 0.05) is 23.0 Å². The minimum absolute atomic E-state index is 0.0721. The summed E-state index contributed by atoms with van der Waals surface area (Å²) in [6.45, 7) is 7.32. The van der Waals surface area contributed by atoms with E-state index in [9.17, 15) is 14.4 Å². The number of allylic oxidation sites excluding steroid dienone is 5. The Hall–Kier alpha value is -2.55. The zero-order valence-electron chi connectivity index (χ0n) is 14.3.